The van der Waals surface area contributed by atoms with Gasteiger partial charge in [-0.2, -0.15) is 8.42 Å². The third-order valence-corrected chi connectivity index (χ3v) is 9.58. The number of carbonyl (C=O) groups excluding carboxylic acids is 5. The van der Waals surface area contributed by atoms with Crippen LogP contribution in [0.5, 0.6) is 5.75 Å². The predicted octanol–water partition coefficient (Wildman–Crippen LogP) is 2.40. The van der Waals surface area contributed by atoms with Crippen LogP contribution in [0.3, 0.4) is 0 Å². The molecule has 4 rings (SSSR count). The molecule has 7 N–H and O–H groups in total. The highest BCUT2D eigenvalue weighted by molar-refractivity contribution is 7.81. The van der Waals surface area contributed by atoms with E-state index in [4.69, 9.17) is 5.73 Å². The zero-order valence-electron chi connectivity index (χ0n) is 32.2. The number of nitrogens with zero attached hydrogens (tertiary/aromatic N) is 1. The van der Waals surface area contributed by atoms with E-state index in [9.17, 15) is 36.3 Å². The van der Waals surface area contributed by atoms with Crippen molar-refractivity contribution in [3.05, 3.63) is 101 Å². The van der Waals surface area contributed by atoms with Crippen LogP contribution in [0.25, 0.3) is 0 Å². The Morgan fingerprint density at radius 1 is 0.737 bits per heavy atom. The topological polar surface area (TPSA) is 218 Å². The Morgan fingerprint density at radius 2 is 1.32 bits per heavy atom. The normalized spacial score (nSPS) is 13.7. The second-order valence-electron chi connectivity index (χ2n) is 14.1. The zero-order valence-corrected chi connectivity index (χ0v) is 33.0. The molecular weight excluding hydrogens is 758 g/mol. The summed E-state index contributed by atoms with van der Waals surface area (Å²) < 4.78 is 39.3. The minimum Gasteiger partial charge on any atom is -0.358 e. The lowest BCUT2D eigenvalue weighted by atomic mass is 10.0. The van der Waals surface area contributed by atoms with E-state index in [2.05, 4.69) is 30.8 Å². The van der Waals surface area contributed by atoms with Crippen molar-refractivity contribution in [1.82, 2.24) is 31.5 Å². The lowest BCUT2D eigenvalue weighted by molar-refractivity contribution is -0.130. The van der Waals surface area contributed by atoms with Crippen LogP contribution < -0.4 is 36.5 Å². The minimum absolute atomic E-state index is 0.0170. The first kappa shape index (κ1) is 44.3. The molecule has 17 heteroatoms. The van der Waals surface area contributed by atoms with Crippen molar-refractivity contribution < 1.29 is 40.5 Å². The molecule has 3 aromatic rings. The Hall–Kier alpha value is -5.39. The van der Waals surface area contributed by atoms with Gasteiger partial charge in [0.25, 0.3) is 11.8 Å². The van der Waals surface area contributed by atoms with Crippen LogP contribution in [-0.2, 0) is 44.4 Å². The van der Waals surface area contributed by atoms with Crippen molar-refractivity contribution in [2.75, 3.05) is 26.2 Å². The van der Waals surface area contributed by atoms with Crippen molar-refractivity contribution in [3.63, 3.8) is 0 Å². The number of hydrogen-bond acceptors (Lipinski definition) is 10. The summed E-state index contributed by atoms with van der Waals surface area (Å²) >= 11 is 0. The van der Waals surface area contributed by atoms with Gasteiger partial charge in [-0.1, -0.05) is 40.3 Å². The molecule has 2 unspecified atom stereocenters. The van der Waals surface area contributed by atoms with E-state index in [1.165, 1.54) is 24.3 Å². The monoisotopic (exact) mass is 809 g/mol. The number of nitrogens with one attached hydrogen (secondary N) is 5. The van der Waals surface area contributed by atoms with E-state index in [1.807, 2.05) is 13.8 Å². The Kier molecular flexibility index (Phi) is 16.9. The molecule has 5 amide bonds. The Balaban J connectivity index is 1.43. The fourth-order valence-corrected chi connectivity index (χ4v) is 6.45. The van der Waals surface area contributed by atoms with Crippen LogP contribution >= 0.6 is 0 Å². The Bertz CT molecular complexity index is 1920. The average molecular weight is 810 g/mol. The number of nitrogens with two attached hydrogens (primary N) is 1. The SMILES string of the molecule is CC(C)NC(=O)c1ccc(CNC(=O)C(CCCCN)NC(=O)C(Cc2ccc(OS(=O)(=O)F)cc2)NCc2ccc(C(=O)NCC(=O)N3CCCC3)cc2)cc1. The molecule has 0 bridgehead atoms. The predicted molar refractivity (Wildman–Crippen MR) is 212 cm³/mol. The molecule has 3 aromatic carbocycles. The smallest absolute Gasteiger partial charge is 0.358 e. The third-order valence-electron chi connectivity index (χ3n) is 9.19. The molecule has 1 heterocycles. The van der Waals surface area contributed by atoms with Gasteiger partial charge in [-0.25, -0.2) is 0 Å². The standard InChI is InChI=1S/C40H52FN7O8S/c1-27(2)46-38(51)32-16-10-30(11-17-32)25-44-39(52)34(7-3-4-20-42)47-40(53)35(23-28-12-18-33(19-13-28)56-57(41,54)55)43-24-29-8-14-31(15-9-29)37(50)45-26-36(49)48-21-5-6-22-48/h8-19,27,34-35,43H,3-7,20-26,42H2,1-2H3,(H,44,52)(H,45,50)(H,46,51)(H,47,53). The molecular formula is C40H52FN7O8S. The average Bonchev–Trinajstić information content (AvgIpc) is 3.73. The van der Waals surface area contributed by atoms with Gasteiger partial charge in [-0.15, -0.1) is 0 Å². The minimum atomic E-state index is -5.23. The third kappa shape index (κ3) is 15.2. The highest BCUT2D eigenvalue weighted by atomic mass is 32.3. The fraction of sp³-hybridized carbons (Fsp3) is 0.425. The molecule has 2 atom stereocenters. The lowest BCUT2D eigenvalue weighted by Gasteiger charge is -2.24. The van der Waals surface area contributed by atoms with Gasteiger partial charge >= 0.3 is 10.5 Å². The summed E-state index contributed by atoms with van der Waals surface area (Å²) in [5.41, 5.74) is 8.63. The summed E-state index contributed by atoms with van der Waals surface area (Å²) in [6, 6.07) is 17.2. The van der Waals surface area contributed by atoms with E-state index >= 15 is 0 Å². The molecule has 0 aliphatic carbocycles. The van der Waals surface area contributed by atoms with Gasteiger partial charge in [0.05, 0.1) is 12.6 Å². The number of rotatable bonds is 21. The van der Waals surface area contributed by atoms with Crippen molar-refractivity contribution in [1.29, 1.82) is 0 Å². The van der Waals surface area contributed by atoms with E-state index in [1.54, 1.807) is 53.4 Å². The molecule has 0 spiro atoms. The molecule has 15 nitrogen and oxygen atoms in total. The summed E-state index contributed by atoms with van der Waals surface area (Å²) in [6.45, 7) is 5.77. The lowest BCUT2D eigenvalue weighted by Crippen LogP contribution is -2.53. The molecule has 308 valence electrons. The molecule has 0 radical (unpaired) electrons. The molecule has 1 aliphatic rings. The van der Waals surface area contributed by atoms with Gasteiger partial charge in [0, 0.05) is 43.3 Å². The molecule has 1 fully saturated rings. The fourth-order valence-electron chi connectivity index (χ4n) is 6.11. The van der Waals surface area contributed by atoms with Gasteiger partial charge in [0.1, 0.15) is 11.8 Å². The maximum absolute atomic E-state index is 13.9. The summed E-state index contributed by atoms with van der Waals surface area (Å²) in [6.07, 6.45) is 3.51. The Morgan fingerprint density at radius 3 is 1.89 bits per heavy atom. The summed E-state index contributed by atoms with van der Waals surface area (Å²) in [4.78, 5) is 66.5. The van der Waals surface area contributed by atoms with Gasteiger partial charge in [-0.3, -0.25) is 24.0 Å². The summed E-state index contributed by atoms with van der Waals surface area (Å²) in [5.74, 6) is -1.87. The van der Waals surface area contributed by atoms with Crippen LogP contribution in [0.2, 0.25) is 0 Å². The number of benzene rings is 3. The van der Waals surface area contributed by atoms with Gasteiger partial charge in [0.15, 0.2) is 0 Å². The number of halogens is 1. The Labute approximate surface area is 333 Å². The molecule has 1 saturated heterocycles. The first-order valence-electron chi connectivity index (χ1n) is 19.0. The highest BCUT2D eigenvalue weighted by Crippen LogP contribution is 2.17. The highest BCUT2D eigenvalue weighted by Gasteiger charge is 2.26. The molecule has 0 aromatic heterocycles. The maximum Gasteiger partial charge on any atom is 0.488 e. The number of amides is 5. The summed E-state index contributed by atoms with van der Waals surface area (Å²) in [7, 11) is -5.23. The van der Waals surface area contributed by atoms with Crippen LogP contribution in [-0.4, -0.2) is 87.2 Å². The van der Waals surface area contributed by atoms with E-state index in [-0.39, 0.29) is 49.7 Å². The van der Waals surface area contributed by atoms with Gasteiger partial charge in [-0.05, 0) is 112 Å². The molecule has 0 saturated carbocycles. The quantitative estimate of drug-likeness (QED) is 0.0682. The van der Waals surface area contributed by atoms with Crippen molar-refractivity contribution >= 4 is 40.0 Å². The van der Waals surface area contributed by atoms with Crippen molar-refractivity contribution in [2.24, 2.45) is 5.73 Å². The number of likely N-dealkylation sites (tertiary alicyclic amines) is 1. The maximum atomic E-state index is 13.9. The zero-order chi connectivity index (χ0) is 41.4. The second kappa shape index (κ2) is 21.8. The number of unbranched alkanes of at least 4 members (excludes halogenated alkanes) is 1. The van der Waals surface area contributed by atoms with Crippen LogP contribution in [0.4, 0.5) is 3.89 Å². The van der Waals surface area contributed by atoms with Crippen molar-refractivity contribution in [2.45, 2.75) is 83.6 Å². The van der Waals surface area contributed by atoms with E-state index < -0.39 is 40.3 Å². The van der Waals surface area contributed by atoms with Crippen LogP contribution in [0.1, 0.15) is 83.4 Å². The number of carbonyl (C=O) groups is 5. The second-order valence-corrected chi connectivity index (χ2v) is 15.1. The van der Waals surface area contributed by atoms with Crippen molar-refractivity contribution in [3.8, 4) is 5.75 Å². The first-order valence-corrected chi connectivity index (χ1v) is 20.3. The largest absolute Gasteiger partial charge is 0.488 e. The van der Waals surface area contributed by atoms with Gasteiger partial charge in [0.2, 0.25) is 17.7 Å². The van der Waals surface area contributed by atoms with Crippen LogP contribution in [0.15, 0.2) is 72.8 Å². The van der Waals surface area contributed by atoms with E-state index in [0.717, 1.165) is 24.0 Å². The number of hydrogen-bond donors (Lipinski definition) is 6. The molecule has 1 aliphatic heterocycles. The first-order chi connectivity index (χ1) is 27.2. The molecule has 57 heavy (non-hydrogen) atoms. The van der Waals surface area contributed by atoms with E-state index in [0.29, 0.717) is 55.6 Å². The van der Waals surface area contributed by atoms with Gasteiger partial charge < -0.3 is 41.4 Å². The van der Waals surface area contributed by atoms with Crippen LogP contribution in [0, 0.1) is 0 Å². The summed E-state index contributed by atoms with van der Waals surface area (Å²) in [5, 5.41) is 14.5.